The van der Waals surface area contributed by atoms with E-state index in [1.165, 1.54) is 70.6 Å². The van der Waals surface area contributed by atoms with Crippen molar-refractivity contribution in [3.8, 4) is 0 Å². The molecule has 3 atom stereocenters. The molecular formula is C23H44O5. The van der Waals surface area contributed by atoms with Gasteiger partial charge in [-0.1, -0.05) is 90.4 Å². The molecule has 0 aromatic heterocycles. The van der Waals surface area contributed by atoms with Gasteiger partial charge in [0, 0.05) is 12.3 Å². The lowest BCUT2D eigenvalue weighted by molar-refractivity contribution is -0.214. The predicted molar refractivity (Wildman–Crippen MR) is 112 cm³/mol. The molecule has 0 aromatic carbocycles. The minimum Gasteiger partial charge on any atom is -0.479 e. The molecule has 3 N–H and O–H groups in total. The van der Waals surface area contributed by atoms with Gasteiger partial charge in [-0.05, 0) is 12.8 Å². The van der Waals surface area contributed by atoms with Crippen molar-refractivity contribution in [2.75, 3.05) is 13.2 Å². The maximum Gasteiger partial charge on any atom is 0.336 e. The van der Waals surface area contributed by atoms with Crippen molar-refractivity contribution in [2.24, 2.45) is 5.92 Å². The molecule has 0 amide bonds. The summed E-state index contributed by atoms with van der Waals surface area (Å²) < 4.78 is 5.46. The van der Waals surface area contributed by atoms with Crippen molar-refractivity contribution in [1.82, 2.24) is 0 Å². The fourth-order valence-electron chi connectivity index (χ4n) is 4.34. The van der Waals surface area contributed by atoms with Gasteiger partial charge in [0.25, 0.3) is 0 Å². The van der Waals surface area contributed by atoms with E-state index in [0.29, 0.717) is 19.4 Å². The van der Waals surface area contributed by atoms with Gasteiger partial charge in [0.05, 0.1) is 19.3 Å². The Labute approximate surface area is 171 Å². The zero-order valence-electron chi connectivity index (χ0n) is 18.0. The molecule has 5 nitrogen and oxygen atoms in total. The van der Waals surface area contributed by atoms with Gasteiger partial charge in [0.2, 0.25) is 0 Å². The van der Waals surface area contributed by atoms with Crippen LogP contribution in [0.3, 0.4) is 0 Å². The molecular weight excluding hydrogens is 356 g/mol. The Morgan fingerprint density at radius 2 is 1.39 bits per heavy atom. The average molecular weight is 401 g/mol. The molecule has 0 aliphatic carbocycles. The number of aliphatic hydroxyl groups excluding tert-OH is 2. The van der Waals surface area contributed by atoms with Crippen LogP contribution in [0, 0.1) is 5.92 Å². The second-order valence-electron chi connectivity index (χ2n) is 8.59. The summed E-state index contributed by atoms with van der Waals surface area (Å²) in [7, 11) is 0. The zero-order chi connectivity index (χ0) is 20.7. The molecule has 1 saturated heterocycles. The summed E-state index contributed by atoms with van der Waals surface area (Å²) in [5, 5.41) is 28.5. The van der Waals surface area contributed by atoms with Crippen molar-refractivity contribution < 1.29 is 24.9 Å². The first-order chi connectivity index (χ1) is 13.6. The molecule has 0 spiro atoms. The van der Waals surface area contributed by atoms with Gasteiger partial charge in [-0.3, -0.25) is 0 Å². The fourth-order valence-corrected chi connectivity index (χ4v) is 4.34. The average Bonchev–Trinajstić information content (AvgIpc) is 2.63. The number of aliphatic hydroxyl groups is 2. The Morgan fingerprint density at radius 1 is 0.929 bits per heavy atom. The number of carbonyl (C=O) groups is 1. The third-order valence-corrected chi connectivity index (χ3v) is 6.28. The van der Waals surface area contributed by atoms with Crippen molar-refractivity contribution >= 4 is 5.97 Å². The van der Waals surface area contributed by atoms with Crippen molar-refractivity contribution in [3.05, 3.63) is 0 Å². The first kappa shape index (κ1) is 25.4. The molecule has 1 fully saturated rings. The number of hydrogen-bond acceptors (Lipinski definition) is 4. The molecule has 1 heterocycles. The first-order valence-corrected chi connectivity index (χ1v) is 11.7. The summed E-state index contributed by atoms with van der Waals surface area (Å²) in [4.78, 5) is 11.7. The van der Waals surface area contributed by atoms with Crippen LogP contribution in [-0.2, 0) is 9.53 Å². The van der Waals surface area contributed by atoms with Crippen molar-refractivity contribution in [2.45, 2.75) is 121 Å². The Kier molecular flexibility index (Phi) is 13.8. The number of rotatable bonds is 19. The maximum atomic E-state index is 11.7. The largest absolute Gasteiger partial charge is 0.479 e. The van der Waals surface area contributed by atoms with Crippen molar-refractivity contribution in [3.63, 3.8) is 0 Å². The Bertz CT molecular complexity index is 394. The molecule has 0 bridgehead atoms. The monoisotopic (exact) mass is 400 g/mol. The molecule has 0 saturated carbocycles. The highest BCUT2D eigenvalue weighted by atomic mass is 16.5. The van der Waals surface area contributed by atoms with Crippen molar-refractivity contribution in [1.29, 1.82) is 0 Å². The predicted octanol–water partition coefficient (Wildman–Crippen LogP) is 5.07. The third kappa shape index (κ3) is 9.23. The van der Waals surface area contributed by atoms with E-state index in [1.807, 2.05) is 0 Å². The van der Waals surface area contributed by atoms with Gasteiger partial charge in [-0.15, -0.1) is 0 Å². The van der Waals surface area contributed by atoms with Crippen LogP contribution in [0.15, 0.2) is 0 Å². The minimum absolute atomic E-state index is 0.228. The van der Waals surface area contributed by atoms with E-state index in [2.05, 4.69) is 6.92 Å². The van der Waals surface area contributed by atoms with Crippen LogP contribution >= 0.6 is 0 Å². The van der Waals surface area contributed by atoms with Crippen LogP contribution in [0.4, 0.5) is 0 Å². The molecule has 1 aliphatic heterocycles. The highest BCUT2D eigenvalue weighted by Gasteiger charge is 2.52. The van der Waals surface area contributed by atoms with Gasteiger partial charge in [-0.25, -0.2) is 4.79 Å². The van der Waals surface area contributed by atoms with Crippen LogP contribution < -0.4 is 0 Å². The number of aliphatic carboxylic acids is 1. The van der Waals surface area contributed by atoms with Gasteiger partial charge in [0.15, 0.2) is 5.60 Å². The van der Waals surface area contributed by atoms with E-state index in [4.69, 9.17) is 9.84 Å². The van der Waals surface area contributed by atoms with E-state index in [-0.39, 0.29) is 12.5 Å². The second-order valence-corrected chi connectivity index (χ2v) is 8.59. The maximum absolute atomic E-state index is 11.7. The Morgan fingerprint density at radius 3 is 1.75 bits per heavy atom. The first-order valence-electron chi connectivity index (χ1n) is 11.7. The number of unbranched alkanes of at least 4 members (excludes halogenated alkanes) is 12. The molecule has 1 rings (SSSR count). The van der Waals surface area contributed by atoms with E-state index in [9.17, 15) is 15.0 Å². The topological polar surface area (TPSA) is 87.0 Å². The highest BCUT2D eigenvalue weighted by Crippen LogP contribution is 2.40. The summed E-state index contributed by atoms with van der Waals surface area (Å²) in [5.74, 6) is -1.16. The SMILES string of the molecule is CCCCCCCCCCCCCCCC(CC(O)CO)C1(C(=O)O)CCO1. The molecule has 0 radical (unpaired) electrons. The zero-order valence-corrected chi connectivity index (χ0v) is 18.0. The molecule has 1 aliphatic rings. The standard InChI is InChI=1S/C23H44O5/c1-2-3-4-5-6-7-8-9-10-11-12-13-14-15-20(18-21(25)19-24)23(22(26)27)16-17-28-23/h20-21,24-25H,2-19H2,1H3,(H,26,27). The highest BCUT2D eigenvalue weighted by molar-refractivity contribution is 5.78. The third-order valence-electron chi connectivity index (χ3n) is 6.28. The Hall–Kier alpha value is -0.650. The van der Waals surface area contributed by atoms with Gasteiger partial charge in [0.1, 0.15) is 0 Å². The molecule has 3 unspecified atom stereocenters. The summed E-state index contributed by atoms with van der Waals surface area (Å²) in [6, 6.07) is 0. The number of carboxylic acid groups (broad SMARTS) is 1. The van der Waals surface area contributed by atoms with E-state index in [1.54, 1.807) is 0 Å². The van der Waals surface area contributed by atoms with Crippen LogP contribution in [-0.4, -0.2) is 46.2 Å². The summed E-state index contributed by atoms with van der Waals surface area (Å²) in [6.07, 6.45) is 17.4. The smallest absolute Gasteiger partial charge is 0.336 e. The normalized spacial score (nSPS) is 21.2. The lowest BCUT2D eigenvalue weighted by Gasteiger charge is -2.44. The van der Waals surface area contributed by atoms with Crippen LogP contribution in [0.25, 0.3) is 0 Å². The Balaban J connectivity index is 2.10. The van der Waals surface area contributed by atoms with Crippen LogP contribution in [0.2, 0.25) is 0 Å². The van der Waals surface area contributed by atoms with E-state index < -0.39 is 17.7 Å². The lowest BCUT2D eigenvalue weighted by Crippen LogP contribution is -2.57. The quantitative estimate of drug-likeness (QED) is 0.263. The summed E-state index contributed by atoms with van der Waals surface area (Å²) in [6.45, 7) is 2.39. The van der Waals surface area contributed by atoms with E-state index >= 15 is 0 Å². The molecule has 5 heteroatoms. The summed E-state index contributed by atoms with van der Waals surface area (Å²) >= 11 is 0. The lowest BCUT2D eigenvalue weighted by atomic mass is 9.75. The minimum atomic E-state index is -1.15. The van der Waals surface area contributed by atoms with Crippen LogP contribution in [0.1, 0.15) is 110 Å². The summed E-state index contributed by atoms with van der Waals surface area (Å²) in [5.41, 5.74) is -1.15. The molecule has 166 valence electrons. The molecule has 28 heavy (non-hydrogen) atoms. The van der Waals surface area contributed by atoms with Gasteiger partial charge >= 0.3 is 5.97 Å². The molecule has 0 aromatic rings. The van der Waals surface area contributed by atoms with Crippen LogP contribution in [0.5, 0.6) is 0 Å². The fraction of sp³-hybridized carbons (Fsp3) is 0.957. The van der Waals surface area contributed by atoms with E-state index in [0.717, 1.165) is 19.3 Å². The van der Waals surface area contributed by atoms with Gasteiger partial charge < -0.3 is 20.1 Å². The number of hydrogen-bond donors (Lipinski definition) is 3. The second kappa shape index (κ2) is 15.2. The number of ether oxygens (including phenoxy) is 1. The van der Waals surface area contributed by atoms with Gasteiger partial charge in [-0.2, -0.15) is 0 Å². The number of carboxylic acids is 1.